The number of rotatable bonds is 9. The van der Waals surface area contributed by atoms with Crippen molar-refractivity contribution >= 4 is 23.2 Å². The highest BCUT2D eigenvalue weighted by atomic mass is 19.1. The highest BCUT2D eigenvalue weighted by molar-refractivity contribution is 6.39. The van der Waals surface area contributed by atoms with Crippen LogP contribution < -0.4 is 29.7 Å². The van der Waals surface area contributed by atoms with Gasteiger partial charge in [-0.05, 0) is 55.0 Å². The van der Waals surface area contributed by atoms with E-state index in [0.717, 1.165) is 5.56 Å². The average molecular weight is 496 g/mol. The molecular weight excluding hydrogens is 469 g/mol. The first-order valence-corrected chi connectivity index (χ1v) is 10.8. The van der Waals surface area contributed by atoms with Crippen molar-refractivity contribution in [2.75, 3.05) is 26.6 Å². The van der Waals surface area contributed by atoms with Gasteiger partial charge in [0.15, 0.2) is 11.5 Å². The molecule has 0 aliphatic rings. The summed E-state index contributed by atoms with van der Waals surface area (Å²) in [5.41, 5.74) is 4.37. The Morgan fingerprint density at radius 1 is 0.833 bits per heavy atom. The van der Waals surface area contributed by atoms with Crippen molar-refractivity contribution in [3.63, 3.8) is 0 Å². The van der Waals surface area contributed by atoms with Gasteiger partial charge in [-0.25, -0.2) is 9.82 Å². The first-order valence-electron chi connectivity index (χ1n) is 10.8. The minimum atomic E-state index is -0.967. The number of hydrogen-bond donors (Lipinski definition) is 2. The minimum absolute atomic E-state index is 0.228. The molecule has 3 aromatic carbocycles. The van der Waals surface area contributed by atoms with Crippen LogP contribution in [0.2, 0.25) is 0 Å². The molecular formula is C26H26FN3O6. The van der Waals surface area contributed by atoms with E-state index in [4.69, 9.17) is 18.9 Å². The molecule has 0 aromatic heterocycles. The molecule has 9 nitrogen and oxygen atoms in total. The number of benzene rings is 3. The number of carbonyl (C=O) groups is 2. The average Bonchev–Trinajstić information content (AvgIpc) is 2.90. The zero-order valence-corrected chi connectivity index (χ0v) is 20.3. The second-order valence-electron chi connectivity index (χ2n) is 7.44. The quantitative estimate of drug-likeness (QED) is 0.265. The van der Waals surface area contributed by atoms with Crippen LogP contribution in [0.4, 0.5) is 10.1 Å². The molecule has 0 aliphatic carbocycles. The van der Waals surface area contributed by atoms with Crippen molar-refractivity contribution < 1.29 is 32.9 Å². The molecule has 3 aromatic rings. The van der Waals surface area contributed by atoms with Gasteiger partial charge in [-0.1, -0.05) is 12.1 Å². The van der Waals surface area contributed by atoms with Gasteiger partial charge in [0.1, 0.15) is 23.9 Å². The lowest BCUT2D eigenvalue weighted by Crippen LogP contribution is -2.33. The van der Waals surface area contributed by atoms with E-state index in [0.29, 0.717) is 34.3 Å². The zero-order chi connectivity index (χ0) is 26.1. The fourth-order valence-electron chi connectivity index (χ4n) is 3.09. The lowest BCUT2D eigenvalue weighted by atomic mass is 10.1. The molecule has 0 radical (unpaired) electrons. The maximum atomic E-state index is 13.1. The van der Waals surface area contributed by atoms with E-state index >= 15 is 0 Å². The Kier molecular flexibility index (Phi) is 8.82. The van der Waals surface area contributed by atoms with Crippen LogP contribution in [0.15, 0.2) is 65.8 Å². The van der Waals surface area contributed by atoms with Gasteiger partial charge in [0.25, 0.3) is 0 Å². The van der Waals surface area contributed by atoms with Gasteiger partial charge in [0.05, 0.1) is 32.7 Å². The molecule has 188 valence electrons. The smallest absolute Gasteiger partial charge is 0.329 e. The van der Waals surface area contributed by atoms with Crippen molar-refractivity contribution in [1.29, 1.82) is 0 Å². The fraction of sp³-hybridized carbons (Fsp3) is 0.192. The van der Waals surface area contributed by atoms with Crippen LogP contribution in [0.3, 0.4) is 0 Å². The van der Waals surface area contributed by atoms with Gasteiger partial charge < -0.3 is 24.3 Å². The lowest BCUT2D eigenvalue weighted by molar-refractivity contribution is -0.136. The number of hydrogen-bond acceptors (Lipinski definition) is 7. The van der Waals surface area contributed by atoms with Crippen molar-refractivity contribution in [3.05, 3.63) is 77.6 Å². The molecule has 0 fully saturated rings. The topological polar surface area (TPSA) is 107 Å². The van der Waals surface area contributed by atoms with E-state index in [1.165, 1.54) is 39.5 Å². The second kappa shape index (κ2) is 12.2. The molecule has 0 saturated carbocycles. The van der Waals surface area contributed by atoms with E-state index in [-0.39, 0.29) is 18.1 Å². The van der Waals surface area contributed by atoms with Crippen molar-refractivity contribution in [2.24, 2.45) is 5.10 Å². The summed E-state index contributed by atoms with van der Waals surface area (Å²) in [6, 6.07) is 15.9. The number of methoxy groups -OCH3 is 3. The fourth-order valence-corrected chi connectivity index (χ4v) is 3.09. The largest absolute Gasteiger partial charge is 0.497 e. The highest BCUT2D eigenvalue weighted by Crippen LogP contribution is 2.30. The van der Waals surface area contributed by atoms with Crippen LogP contribution in [0, 0.1) is 5.82 Å². The summed E-state index contributed by atoms with van der Waals surface area (Å²) >= 11 is 0. The van der Waals surface area contributed by atoms with E-state index < -0.39 is 11.8 Å². The highest BCUT2D eigenvalue weighted by Gasteiger charge is 2.17. The SMILES string of the molecule is COc1ccc(OC)c(NC(=O)C(=O)N/N=C(\C)c2ccc(OCc3ccc(F)cc3)c(OC)c2)c1. The van der Waals surface area contributed by atoms with Crippen molar-refractivity contribution in [3.8, 4) is 23.0 Å². The number of nitrogens with one attached hydrogen (secondary N) is 2. The molecule has 0 aliphatic heterocycles. The molecule has 10 heteroatoms. The molecule has 36 heavy (non-hydrogen) atoms. The van der Waals surface area contributed by atoms with Gasteiger partial charge >= 0.3 is 11.8 Å². The second-order valence-corrected chi connectivity index (χ2v) is 7.44. The van der Waals surface area contributed by atoms with E-state index in [1.807, 2.05) is 0 Å². The number of carbonyl (C=O) groups excluding carboxylic acids is 2. The Balaban J connectivity index is 1.64. The number of hydrazone groups is 1. The maximum absolute atomic E-state index is 13.1. The predicted octanol–water partition coefficient (Wildman–Crippen LogP) is 3.91. The Hall–Kier alpha value is -4.60. The van der Waals surface area contributed by atoms with Gasteiger partial charge in [0.2, 0.25) is 0 Å². The molecule has 3 rings (SSSR count). The molecule has 2 N–H and O–H groups in total. The summed E-state index contributed by atoms with van der Waals surface area (Å²) in [6.07, 6.45) is 0. The summed E-state index contributed by atoms with van der Waals surface area (Å²) < 4.78 is 34.6. The van der Waals surface area contributed by atoms with Crippen molar-refractivity contribution in [1.82, 2.24) is 5.43 Å². The van der Waals surface area contributed by atoms with E-state index in [2.05, 4.69) is 15.8 Å². The van der Waals surface area contributed by atoms with Gasteiger partial charge in [0, 0.05) is 11.6 Å². The van der Waals surface area contributed by atoms with E-state index in [9.17, 15) is 14.0 Å². The molecule has 2 amide bonds. The molecule has 0 bridgehead atoms. The van der Waals surface area contributed by atoms with Crippen LogP contribution in [0.5, 0.6) is 23.0 Å². The summed E-state index contributed by atoms with van der Waals surface area (Å²) in [7, 11) is 4.42. The third-order valence-electron chi connectivity index (χ3n) is 5.08. The Labute approximate surface area is 207 Å². The van der Waals surface area contributed by atoms with Crippen LogP contribution in [-0.4, -0.2) is 38.9 Å². The van der Waals surface area contributed by atoms with Crippen LogP contribution in [-0.2, 0) is 16.2 Å². The minimum Gasteiger partial charge on any atom is -0.497 e. The summed E-state index contributed by atoms with van der Waals surface area (Å²) in [4.78, 5) is 24.6. The lowest BCUT2D eigenvalue weighted by Gasteiger charge is -2.13. The molecule has 0 heterocycles. The summed E-state index contributed by atoms with van der Waals surface area (Å²) in [5.74, 6) is -0.442. The first kappa shape index (κ1) is 26.0. The third kappa shape index (κ3) is 6.72. The van der Waals surface area contributed by atoms with Crippen LogP contribution in [0.1, 0.15) is 18.1 Å². The predicted molar refractivity (Wildman–Crippen MR) is 132 cm³/mol. The number of anilines is 1. The monoisotopic (exact) mass is 495 g/mol. The Morgan fingerprint density at radius 3 is 2.19 bits per heavy atom. The van der Waals surface area contributed by atoms with Crippen molar-refractivity contribution in [2.45, 2.75) is 13.5 Å². The zero-order valence-electron chi connectivity index (χ0n) is 20.3. The van der Waals surface area contributed by atoms with Gasteiger partial charge in [-0.15, -0.1) is 0 Å². The molecule has 0 saturated heterocycles. The van der Waals surface area contributed by atoms with Gasteiger partial charge in [-0.2, -0.15) is 5.10 Å². The van der Waals surface area contributed by atoms with E-state index in [1.54, 1.807) is 49.4 Å². The summed E-state index contributed by atoms with van der Waals surface area (Å²) in [6.45, 7) is 1.89. The normalized spacial score (nSPS) is 10.9. The van der Waals surface area contributed by atoms with Crippen LogP contribution in [0.25, 0.3) is 0 Å². The molecule has 0 unspecified atom stereocenters. The Morgan fingerprint density at radius 2 is 1.53 bits per heavy atom. The number of halogens is 1. The molecule has 0 spiro atoms. The summed E-state index contributed by atoms with van der Waals surface area (Å²) in [5, 5.41) is 6.48. The van der Waals surface area contributed by atoms with Crippen LogP contribution >= 0.6 is 0 Å². The van der Waals surface area contributed by atoms with Gasteiger partial charge in [-0.3, -0.25) is 9.59 Å². The Bertz CT molecular complexity index is 1260. The number of amides is 2. The molecule has 0 atom stereocenters. The number of nitrogens with zero attached hydrogens (tertiary/aromatic N) is 1. The standard InChI is InChI=1S/C26H26FN3O6/c1-16(29-30-26(32)25(31)28-21-14-20(33-2)10-12-22(21)34-3)18-7-11-23(24(13-18)35-4)36-15-17-5-8-19(27)9-6-17/h5-14H,15H2,1-4H3,(H,28,31)(H,30,32)/b29-16+. The third-order valence-corrected chi connectivity index (χ3v) is 5.08. The maximum Gasteiger partial charge on any atom is 0.329 e. The number of ether oxygens (including phenoxy) is 4. The first-order chi connectivity index (χ1) is 17.3.